The molecule has 0 bridgehead atoms. The summed E-state index contributed by atoms with van der Waals surface area (Å²) in [4.78, 5) is 1.80. The molecule has 0 aliphatic rings. The standard InChI is InChI=1S/C7H13N3/c1-4-8-10-7(3)5-6(2)9-10/h5,8H,4H2,1-3H3. The first-order valence-corrected chi connectivity index (χ1v) is 3.51. The third kappa shape index (κ3) is 1.29. The molecule has 56 valence electrons. The highest BCUT2D eigenvalue weighted by atomic mass is 15.6. The zero-order valence-corrected chi connectivity index (χ0v) is 6.68. The van der Waals surface area contributed by atoms with Crippen LogP contribution >= 0.6 is 0 Å². The van der Waals surface area contributed by atoms with Crippen molar-refractivity contribution < 1.29 is 0 Å². The van der Waals surface area contributed by atoms with Crippen molar-refractivity contribution in [3.05, 3.63) is 17.5 Å². The van der Waals surface area contributed by atoms with E-state index in [-0.39, 0.29) is 0 Å². The zero-order chi connectivity index (χ0) is 7.56. The number of rotatable bonds is 2. The zero-order valence-electron chi connectivity index (χ0n) is 6.68. The van der Waals surface area contributed by atoms with Crippen molar-refractivity contribution in [2.24, 2.45) is 0 Å². The smallest absolute Gasteiger partial charge is 0.0617 e. The number of hydrogen-bond donors (Lipinski definition) is 1. The van der Waals surface area contributed by atoms with E-state index >= 15 is 0 Å². The molecular weight excluding hydrogens is 126 g/mol. The lowest BCUT2D eigenvalue weighted by Gasteiger charge is -2.03. The Morgan fingerprint density at radius 2 is 2.30 bits per heavy atom. The third-order valence-electron chi connectivity index (χ3n) is 1.32. The van der Waals surface area contributed by atoms with Gasteiger partial charge in [0.1, 0.15) is 0 Å². The summed E-state index contributed by atoms with van der Waals surface area (Å²) in [6, 6.07) is 2.04. The highest BCUT2D eigenvalue weighted by molar-refractivity contribution is 5.07. The van der Waals surface area contributed by atoms with E-state index in [9.17, 15) is 0 Å². The van der Waals surface area contributed by atoms with E-state index in [4.69, 9.17) is 0 Å². The predicted octanol–water partition coefficient (Wildman–Crippen LogP) is 1.06. The van der Waals surface area contributed by atoms with Crippen LogP contribution in [-0.2, 0) is 0 Å². The van der Waals surface area contributed by atoms with Gasteiger partial charge in [-0.1, -0.05) is 0 Å². The van der Waals surface area contributed by atoms with Crippen LogP contribution in [0, 0.1) is 13.8 Å². The lowest BCUT2D eigenvalue weighted by atomic mass is 10.4. The summed E-state index contributed by atoms with van der Waals surface area (Å²) >= 11 is 0. The SMILES string of the molecule is CCNn1nc(C)cc1C. The Labute approximate surface area is 61.0 Å². The van der Waals surface area contributed by atoms with Gasteiger partial charge in [0.25, 0.3) is 0 Å². The lowest BCUT2D eigenvalue weighted by Crippen LogP contribution is -2.16. The van der Waals surface area contributed by atoms with E-state index in [1.54, 1.807) is 4.79 Å². The molecule has 1 N–H and O–H groups in total. The van der Waals surface area contributed by atoms with Crippen molar-refractivity contribution in [3.8, 4) is 0 Å². The predicted molar refractivity (Wildman–Crippen MR) is 41.6 cm³/mol. The first kappa shape index (κ1) is 7.12. The van der Waals surface area contributed by atoms with E-state index in [1.165, 1.54) is 0 Å². The minimum atomic E-state index is 0.905. The van der Waals surface area contributed by atoms with Crippen molar-refractivity contribution in [3.63, 3.8) is 0 Å². The molecule has 1 heterocycles. The van der Waals surface area contributed by atoms with Crippen LogP contribution in [0.2, 0.25) is 0 Å². The average molecular weight is 139 g/mol. The topological polar surface area (TPSA) is 29.9 Å². The summed E-state index contributed by atoms with van der Waals surface area (Å²) < 4.78 is 0. The van der Waals surface area contributed by atoms with E-state index in [1.807, 2.05) is 19.9 Å². The fourth-order valence-electron chi connectivity index (χ4n) is 0.939. The molecule has 1 aromatic heterocycles. The van der Waals surface area contributed by atoms with E-state index in [0.717, 1.165) is 17.9 Å². The quantitative estimate of drug-likeness (QED) is 0.664. The number of nitrogens with zero attached hydrogens (tertiary/aromatic N) is 2. The molecule has 0 amide bonds. The molecule has 0 fully saturated rings. The molecule has 3 nitrogen and oxygen atoms in total. The lowest BCUT2D eigenvalue weighted by molar-refractivity contribution is 0.716. The monoisotopic (exact) mass is 139 g/mol. The van der Waals surface area contributed by atoms with Gasteiger partial charge in [-0.2, -0.15) is 9.89 Å². The largest absolute Gasteiger partial charge is 0.310 e. The number of hydrogen-bond acceptors (Lipinski definition) is 2. The molecule has 0 radical (unpaired) electrons. The Kier molecular flexibility index (Phi) is 1.94. The number of nitrogens with one attached hydrogen (secondary N) is 1. The van der Waals surface area contributed by atoms with Crippen molar-refractivity contribution in [2.45, 2.75) is 20.8 Å². The van der Waals surface area contributed by atoms with Crippen molar-refractivity contribution in [1.82, 2.24) is 9.89 Å². The molecular formula is C7H13N3. The molecule has 10 heavy (non-hydrogen) atoms. The first-order chi connectivity index (χ1) is 4.74. The molecule has 0 unspecified atom stereocenters. The van der Waals surface area contributed by atoms with Crippen LogP contribution < -0.4 is 5.43 Å². The van der Waals surface area contributed by atoms with Crippen LogP contribution in [0.25, 0.3) is 0 Å². The number of aromatic nitrogens is 2. The van der Waals surface area contributed by atoms with Crippen LogP contribution in [0.1, 0.15) is 18.3 Å². The third-order valence-corrected chi connectivity index (χ3v) is 1.32. The van der Waals surface area contributed by atoms with Crippen LogP contribution in [0.15, 0.2) is 6.07 Å². The van der Waals surface area contributed by atoms with Crippen LogP contribution in [0.3, 0.4) is 0 Å². The summed E-state index contributed by atoms with van der Waals surface area (Å²) in [5, 5.41) is 4.21. The maximum Gasteiger partial charge on any atom is 0.0617 e. The second kappa shape index (κ2) is 2.73. The fourth-order valence-corrected chi connectivity index (χ4v) is 0.939. The van der Waals surface area contributed by atoms with Crippen LogP contribution in [0.5, 0.6) is 0 Å². The van der Waals surface area contributed by atoms with Crippen LogP contribution in [-0.4, -0.2) is 16.4 Å². The number of aryl methyl sites for hydroxylation is 2. The van der Waals surface area contributed by atoms with Gasteiger partial charge in [-0.05, 0) is 26.8 Å². The van der Waals surface area contributed by atoms with Crippen LogP contribution in [0.4, 0.5) is 0 Å². The van der Waals surface area contributed by atoms with Gasteiger partial charge in [0.15, 0.2) is 0 Å². The molecule has 0 aliphatic carbocycles. The van der Waals surface area contributed by atoms with Crippen molar-refractivity contribution in [2.75, 3.05) is 12.0 Å². The highest BCUT2D eigenvalue weighted by Crippen LogP contribution is 1.97. The molecule has 0 aliphatic heterocycles. The molecule has 1 rings (SSSR count). The molecule has 3 heteroatoms. The van der Waals surface area contributed by atoms with Gasteiger partial charge >= 0.3 is 0 Å². The maximum absolute atomic E-state index is 4.21. The van der Waals surface area contributed by atoms with Crippen molar-refractivity contribution >= 4 is 0 Å². The normalized spacial score (nSPS) is 9.90. The molecule has 0 saturated heterocycles. The first-order valence-electron chi connectivity index (χ1n) is 3.51. The van der Waals surface area contributed by atoms with Gasteiger partial charge in [0.2, 0.25) is 0 Å². The Morgan fingerprint density at radius 1 is 1.60 bits per heavy atom. The second-order valence-corrected chi connectivity index (χ2v) is 2.35. The fraction of sp³-hybridized carbons (Fsp3) is 0.571. The van der Waals surface area contributed by atoms with E-state index in [2.05, 4.69) is 17.4 Å². The van der Waals surface area contributed by atoms with Gasteiger partial charge in [0, 0.05) is 6.54 Å². The van der Waals surface area contributed by atoms with Gasteiger partial charge in [-0.25, -0.2) is 0 Å². The van der Waals surface area contributed by atoms with Gasteiger partial charge < -0.3 is 5.43 Å². The average Bonchev–Trinajstić information content (AvgIpc) is 2.13. The Hall–Kier alpha value is -0.990. The molecule has 0 saturated carbocycles. The molecule has 0 spiro atoms. The summed E-state index contributed by atoms with van der Waals surface area (Å²) in [5.41, 5.74) is 5.31. The van der Waals surface area contributed by atoms with Gasteiger partial charge in [-0.15, -0.1) is 0 Å². The van der Waals surface area contributed by atoms with Gasteiger partial charge in [-0.3, -0.25) is 0 Å². The highest BCUT2D eigenvalue weighted by Gasteiger charge is 1.96. The minimum absolute atomic E-state index is 0.905. The minimum Gasteiger partial charge on any atom is -0.310 e. The molecule has 1 aromatic rings. The van der Waals surface area contributed by atoms with E-state index in [0.29, 0.717) is 0 Å². The molecule has 0 atom stereocenters. The second-order valence-electron chi connectivity index (χ2n) is 2.35. The Balaban J connectivity index is 2.81. The van der Waals surface area contributed by atoms with Crippen molar-refractivity contribution in [1.29, 1.82) is 0 Å². The summed E-state index contributed by atoms with van der Waals surface area (Å²) in [7, 11) is 0. The summed E-state index contributed by atoms with van der Waals surface area (Å²) in [5.74, 6) is 0. The summed E-state index contributed by atoms with van der Waals surface area (Å²) in [6.45, 7) is 6.97. The van der Waals surface area contributed by atoms with Gasteiger partial charge in [0.05, 0.1) is 11.4 Å². The Morgan fingerprint density at radius 3 is 2.70 bits per heavy atom. The van der Waals surface area contributed by atoms with E-state index < -0.39 is 0 Å². The summed E-state index contributed by atoms with van der Waals surface area (Å²) in [6.07, 6.45) is 0. The maximum atomic E-state index is 4.21. The Bertz CT molecular complexity index is 215. The molecule has 0 aromatic carbocycles.